The first kappa shape index (κ1) is 26.0. The predicted octanol–water partition coefficient (Wildman–Crippen LogP) is 3.45. The highest BCUT2D eigenvalue weighted by molar-refractivity contribution is 6.03. The van der Waals surface area contributed by atoms with Gasteiger partial charge in [0.2, 0.25) is 0 Å². The molecule has 3 amide bonds. The molecule has 0 spiro atoms. The highest BCUT2D eigenvalue weighted by Gasteiger charge is 2.34. The molecule has 0 unspecified atom stereocenters. The molecular weight excluding hydrogens is 448 g/mol. The van der Waals surface area contributed by atoms with E-state index in [0.717, 1.165) is 22.6 Å². The van der Waals surface area contributed by atoms with Gasteiger partial charge in [-0.25, -0.2) is 9.80 Å². The molecule has 0 radical (unpaired) electrons. The first-order valence-corrected chi connectivity index (χ1v) is 11.6. The molecule has 0 aromatic heterocycles. The van der Waals surface area contributed by atoms with Crippen molar-refractivity contribution in [3.63, 3.8) is 0 Å². The van der Waals surface area contributed by atoms with E-state index < -0.39 is 0 Å². The summed E-state index contributed by atoms with van der Waals surface area (Å²) in [6.07, 6.45) is 0.529. The van der Waals surface area contributed by atoms with Gasteiger partial charge in [-0.05, 0) is 43.7 Å². The number of nitrogens with one attached hydrogen (secondary N) is 1. The van der Waals surface area contributed by atoms with Gasteiger partial charge in [-0.3, -0.25) is 4.79 Å². The van der Waals surface area contributed by atoms with E-state index in [9.17, 15) is 9.59 Å². The number of carbonyl (C=O) groups is 2. The lowest BCUT2D eigenvalue weighted by molar-refractivity contribution is -0.133. The fourth-order valence-corrected chi connectivity index (χ4v) is 3.83. The summed E-state index contributed by atoms with van der Waals surface area (Å²) in [6, 6.07) is 14.5. The van der Waals surface area contributed by atoms with Gasteiger partial charge < -0.3 is 24.4 Å². The summed E-state index contributed by atoms with van der Waals surface area (Å²) in [4.78, 5) is 27.7. The summed E-state index contributed by atoms with van der Waals surface area (Å²) in [6.45, 7) is 4.23. The third-order valence-electron chi connectivity index (χ3n) is 5.66. The molecule has 0 saturated carbocycles. The number of benzene rings is 2. The number of ether oxygens (including phenoxy) is 3. The van der Waals surface area contributed by atoms with Crippen LogP contribution in [0.15, 0.2) is 53.6 Å². The molecule has 0 fully saturated rings. The lowest BCUT2D eigenvalue weighted by Gasteiger charge is -2.27. The van der Waals surface area contributed by atoms with Crippen molar-refractivity contribution >= 4 is 17.6 Å². The van der Waals surface area contributed by atoms with Gasteiger partial charge in [0.05, 0.1) is 32.6 Å². The van der Waals surface area contributed by atoms with Crippen molar-refractivity contribution in [2.24, 2.45) is 5.10 Å². The number of hydrogen-bond donors (Lipinski definition) is 1. The molecule has 1 atom stereocenters. The maximum Gasteiger partial charge on any atom is 0.318 e. The molecule has 9 heteroatoms. The van der Waals surface area contributed by atoms with E-state index in [1.807, 2.05) is 62.4 Å². The molecule has 1 N–H and O–H groups in total. The second kappa shape index (κ2) is 12.2. The van der Waals surface area contributed by atoms with Crippen LogP contribution < -0.4 is 14.8 Å². The predicted molar refractivity (Wildman–Crippen MR) is 134 cm³/mol. The van der Waals surface area contributed by atoms with Crippen LogP contribution in [0.2, 0.25) is 0 Å². The number of hydrogen-bond acceptors (Lipinski definition) is 6. The fraction of sp³-hybridized carbons (Fsp3) is 0.423. The Morgan fingerprint density at radius 1 is 1.09 bits per heavy atom. The molecular formula is C26H34N4O5. The van der Waals surface area contributed by atoms with Gasteiger partial charge in [-0.1, -0.05) is 24.3 Å². The minimum Gasteiger partial charge on any atom is -0.497 e. The Balaban J connectivity index is 1.90. The van der Waals surface area contributed by atoms with Crippen LogP contribution in [0, 0.1) is 0 Å². The number of nitrogens with zero attached hydrogens (tertiary/aromatic N) is 3. The van der Waals surface area contributed by atoms with E-state index in [4.69, 9.17) is 19.3 Å². The summed E-state index contributed by atoms with van der Waals surface area (Å²) in [5, 5.41) is 9.04. The van der Waals surface area contributed by atoms with Gasteiger partial charge in [0.1, 0.15) is 18.0 Å². The number of rotatable bonds is 10. The smallest absolute Gasteiger partial charge is 0.318 e. The van der Waals surface area contributed by atoms with Crippen LogP contribution in [-0.2, 0) is 9.53 Å². The van der Waals surface area contributed by atoms with Crippen LogP contribution in [0.25, 0.3) is 0 Å². The molecule has 1 aliphatic rings. The fourth-order valence-electron chi connectivity index (χ4n) is 3.83. The maximum absolute atomic E-state index is 13.5. The van der Waals surface area contributed by atoms with E-state index >= 15 is 0 Å². The molecule has 0 saturated heterocycles. The number of amides is 3. The first-order chi connectivity index (χ1) is 16.9. The Morgan fingerprint density at radius 2 is 1.80 bits per heavy atom. The summed E-state index contributed by atoms with van der Waals surface area (Å²) >= 11 is 0. The monoisotopic (exact) mass is 482 g/mol. The zero-order valence-electron chi connectivity index (χ0n) is 21.0. The molecule has 1 heterocycles. The Hall–Kier alpha value is -3.59. The van der Waals surface area contributed by atoms with Crippen LogP contribution in [-0.4, -0.2) is 74.6 Å². The SMILES string of the molecule is COCCN(CC(=O)N1N=C(c2cccc(OC)c2)C[C@@H]1c1ccc(OC)cc1)C(=O)NC(C)C. The van der Waals surface area contributed by atoms with Crippen molar-refractivity contribution in [1.82, 2.24) is 15.2 Å². The standard InChI is InChI=1S/C26H34N4O5/c1-18(2)27-26(32)29(13-14-33-3)17-25(31)30-24(19-9-11-21(34-4)12-10-19)16-23(28-30)20-7-6-8-22(15-20)35-5/h6-12,15,18,24H,13-14,16-17H2,1-5H3,(H,27,32)/t24-/m1/s1. The molecule has 2 aromatic rings. The van der Waals surface area contributed by atoms with Crippen LogP contribution in [0.5, 0.6) is 11.5 Å². The molecule has 3 rings (SSSR count). The third-order valence-corrected chi connectivity index (χ3v) is 5.66. The summed E-state index contributed by atoms with van der Waals surface area (Å²) in [5.74, 6) is 1.17. The summed E-state index contributed by atoms with van der Waals surface area (Å²) in [7, 11) is 4.79. The molecule has 0 aliphatic carbocycles. The quantitative estimate of drug-likeness (QED) is 0.560. The number of methoxy groups -OCH3 is 3. The van der Waals surface area contributed by atoms with Crippen molar-refractivity contribution in [2.45, 2.75) is 32.4 Å². The number of carbonyl (C=O) groups excluding carboxylic acids is 2. The molecule has 0 bridgehead atoms. The van der Waals surface area contributed by atoms with Crippen LogP contribution in [0.1, 0.15) is 37.4 Å². The Kier molecular flexibility index (Phi) is 9.08. The largest absolute Gasteiger partial charge is 0.497 e. The Bertz CT molecular complexity index is 1040. The van der Waals surface area contributed by atoms with Crippen molar-refractivity contribution in [3.8, 4) is 11.5 Å². The topological polar surface area (TPSA) is 92.7 Å². The minimum absolute atomic E-state index is 0.0563. The Morgan fingerprint density at radius 3 is 2.43 bits per heavy atom. The molecule has 1 aliphatic heterocycles. The van der Waals surface area contributed by atoms with Gasteiger partial charge in [0.25, 0.3) is 5.91 Å². The van der Waals surface area contributed by atoms with E-state index in [1.165, 1.54) is 9.91 Å². The summed E-state index contributed by atoms with van der Waals surface area (Å²) < 4.78 is 15.8. The summed E-state index contributed by atoms with van der Waals surface area (Å²) in [5.41, 5.74) is 2.58. The normalized spacial score (nSPS) is 15.1. The van der Waals surface area contributed by atoms with Gasteiger partial charge in [-0.2, -0.15) is 5.10 Å². The van der Waals surface area contributed by atoms with Crippen molar-refractivity contribution < 1.29 is 23.8 Å². The molecule has 9 nitrogen and oxygen atoms in total. The second-order valence-corrected chi connectivity index (χ2v) is 8.53. The Labute approximate surface area is 206 Å². The van der Waals surface area contributed by atoms with Crippen LogP contribution in [0.3, 0.4) is 0 Å². The van der Waals surface area contributed by atoms with Crippen LogP contribution in [0.4, 0.5) is 4.79 Å². The first-order valence-electron chi connectivity index (χ1n) is 11.6. The van der Waals surface area contributed by atoms with Crippen molar-refractivity contribution in [2.75, 3.05) is 41.0 Å². The third kappa shape index (κ3) is 6.73. The average molecular weight is 483 g/mol. The maximum atomic E-state index is 13.5. The van der Waals surface area contributed by atoms with Gasteiger partial charge in [-0.15, -0.1) is 0 Å². The zero-order valence-corrected chi connectivity index (χ0v) is 21.0. The number of hydrazone groups is 1. The lowest BCUT2D eigenvalue weighted by Crippen LogP contribution is -2.48. The zero-order chi connectivity index (χ0) is 25.4. The van der Waals surface area contributed by atoms with Gasteiger partial charge in [0, 0.05) is 31.7 Å². The number of urea groups is 1. The second-order valence-electron chi connectivity index (χ2n) is 8.53. The van der Waals surface area contributed by atoms with E-state index in [2.05, 4.69) is 5.32 Å². The van der Waals surface area contributed by atoms with E-state index in [-0.39, 0.29) is 37.1 Å². The van der Waals surface area contributed by atoms with Crippen molar-refractivity contribution in [3.05, 3.63) is 59.7 Å². The van der Waals surface area contributed by atoms with E-state index in [0.29, 0.717) is 18.8 Å². The van der Waals surface area contributed by atoms with Gasteiger partial charge >= 0.3 is 6.03 Å². The van der Waals surface area contributed by atoms with Gasteiger partial charge in [0.15, 0.2) is 0 Å². The molecule has 188 valence electrons. The van der Waals surface area contributed by atoms with E-state index in [1.54, 1.807) is 21.3 Å². The minimum atomic E-state index is -0.317. The highest BCUT2D eigenvalue weighted by atomic mass is 16.5. The molecule has 2 aromatic carbocycles. The lowest BCUT2D eigenvalue weighted by atomic mass is 9.98. The highest BCUT2D eigenvalue weighted by Crippen LogP contribution is 2.34. The molecule has 35 heavy (non-hydrogen) atoms. The average Bonchev–Trinajstić information content (AvgIpc) is 3.32. The van der Waals surface area contributed by atoms with Crippen molar-refractivity contribution in [1.29, 1.82) is 0 Å². The van der Waals surface area contributed by atoms with Crippen LogP contribution >= 0.6 is 0 Å².